The van der Waals surface area contributed by atoms with Crippen LogP contribution in [0.15, 0.2) is 24.3 Å². The maximum atomic E-state index is 11.8. The van der Waals surface area contributed by atoms with Gasteiger partial charge in [-0.1, -0.05) is 12.1 Å². The number of urea groups is 1. The smallest absolute Gasteiger partial charge is 0.326 e. The van der Waals surface area contributed by atoms with Crippen molar-refractivity contribution in [3.05, 3.63) is 29.8 Å². The Labute approximate surface area is 142 Å². The van der Waals surface area contributed by atoms with Crippen LogP contribution in [0, 0.1) is 0 Å². The summed E-state index contributed by atoms with van der Waals surface area (Å²) in [5, 5.41) is 31.0. The third kappa shape index (κ3) is 7.20. The number of benzene rings is 1. The molecule has 0 aromatic heterocycles. The van der Waals surface area contributed by atoms with Gasteiger partial charge in [0, 0.05) is 18.5 Å². The molecule has 7 N–H and O–H groups in total. The molecule has 25 heavy (non-hydrogen) atoms. The summed E-state index contributed by atoms with van der Waals surface area (Å²) in [5.41, 5.74) is 6.65. The summed E-state index contributed by atoms with van der Waals surface area (Å²) in [6.07, 6.45) is -0.811. The van der Waals surface area contributed by atoms with E-state index in [1.54, 1.807) is 24.3 Å². The average Bonchev–Trinajstić information content (AvgIpc) is 2.52. The number of nitrogens with one attached hydrogen (secondary N) is 2. The molecule has 1 aromatic carbocycles. The van der Waals surface area contributed by atoms with Gasteiger partial charge in [0.2, 0.25) is 0 Å². The quantitative estimate of drug-likeness (QED) is 0.332. The molecule has 0 heterocycles. The van der Waals surface area contributed by atoms with E-state index in [4.69, 9.17) is 15.9 Å². The van der Waals surface area contributed by atoms with Gasteiger partial charge < -0.3 is 31.7 Å². The molecular weight excluding hydrogens is 334 g/mol. The van der Waals surface area contributed by atoms with Crippen LogP contribution in [-0.4, -0.2) is 51.3 Å². The van der Waals surface area contributed by atoms with Gasteiger partial charge in [0.1, 0.15) is 12.1 Å². The van der Waals surface area contributed by atoms with E-state index in [2.05, 4.69) is 10.6 Å². The molecular formula is C15H19N3O7. The molecule has 0 saturated carbocycles. The first-order valence-electron chi connectivity index (χ1n) is 7.28. The molecule has 0 radical (unpaired) electrons. The van der Waals surface area contributed by atoms with Crippen molar-refractivity contribution in [3.63, 3.8) is 0 Å². The number of hydrogen-bond acceptors (Lipinski definition) is 5. The van der Waals surface area contributed by atoms with Gasteiger partial charge >= 0.3 is 23.9 Å². The summed E-state index contributed by atoms with van der Waals surface area (Å²) in [7, 11) is 0. The summed E-state index contributed by atoms with van der Waals surface area (Å²) in [5.74, 6) is -3.92. The van der Waals surface area contributed by atoms with Crippen LogP contribution in [-0.2, 0) is 20.8 Å². The molecule has 136 valence electrons. The second kappa shape index (κ2) is 9.11. The van der Waals surface area contributed by atoms with Crippen molar-refractivity contribution in [3.8, 4) is 0 Å². The molecule has 0 bridgehead atoms. The van der Waals surface area contributed by atoms with Crippen LogP contribution in [0.2, 0.25) is 0 Å². The van der Waals surface area contributed by atoms with Crippen molar-refractivity contribution >= 4 is 29.6 Å². The summed E-state index contributed by atoms with van der Waals surface area (Å²) < 4.78 is 0. The molecule has 1 rings (SSSR count). The molecule has 0 aliphatic carbocycles. The Hall–Kier alpha value is -3.30. The fourth-order valence-corrected chi connectivity index (χ4v) is 1.97. The van der Waals surface area contributed by atoms with E-state index in [-0.39, 0.29) is 12.8 Å². The Morgan fingerprint density at radius 3 is 1.92 bits per heavy atom. The topological polar surface area (TPSA) is 179 Å². The van der Waals surface area contributed by atoms with E-state index in [1.807, 2.05) is 0 Å². The zero-order valence-corrected chi connectivity index (χ0v) is 13.1. The lowest BCUT2D eigenvalue weighted by atomic mass is 10.1. The second-order valence-electron chi connectivity index (χ2n) is 5.28. The number of nitrogens with two attached hydrogens (primary N) is 1. The van der Waals surface area contributed by atoms with Gasteiger partial charge in [-0.05, 0) is 24.1 Å². The van der Waals surface area contributed by atoms with Crippen molar-refractivity contribution in [2.45, 2.75) is 31.3 Å². The fraction of sp³-hybridized carbons (Fsp3) is 0.333. The average molecular weight is 353 g/mol. The van der Waals surface area contributed by atoms with E-state index in [0.717, 1.165) is 0 Å². The van der Waals surface area contributed by atoms with Gasteiger partial charge in [-0.3, -0.25) is 4.79 Å². The lowest BCUT2D eigenvalue weighted by Crippen LogP contribution is -2.51. The van der Waals surface area contributed by atoms with Gasteiger partial charge in [0.15, 0.2) is 0 Å². The van der Waals surface area contributed by atoms with Gasteiger partial charge in [0.25, 0.3) is 0 Å². The molecule has 0 spiro atoms. The van der Waals surface area contributed by atoms with Gasteiger partial charge in [-0.15, -0.1) is 0 Å². The van der Waals surface area contributed by atoms with Crippen LogP contribution in [0.5, 0.6) is 0 Å². The minimum atomic E-state index is -1.44. The molecule has 0 aliphatic heterocycles. The maximum Gasteiger partial charge on any atom is 0.326 e. The molecule has 2 atom stereocenters. The third-order valence-electron chi connectivity index (χ3n) is 3.27. The van der Waals surface area contributed by atoms with Crippen LogP contribution in [0.25, 0.3) is 0 Å². The zero-order valence-electron chi connectivity index (χ0n) is 13.1. The number of amides is 2. The highest BCUT2D eigenvalue weighted by Crippen LogP contribution is 2.08. The van der Waals surface area contributed by atoms with Crippen LogP contribution in [0.4, 0.5) is 10.5 Å². The Bertz CT molecular complexity index is 645. The minimum absolute atomic E-state index is 0.0318. The lowest BCUT2D eigenvalue weighted by molar-refractivity contribution is -0.140. The van der Waals surface area contributed by atoms with E-state index in [1.165, 1.54) is 0 Å². The Balaban J connectivity index is 2.68. The fourth-order valence-electron chi connectivity index (χ4n) is 1.97. The van der Waals surface area contributed by atoms with Crippen LogP contribution >= 0.6 is 0 Å². The van der Waals surface area contributed by atoms with Gasteiger partial charge in [-0.2, -0.15) is 0 Å². The van der Waals surface area contributed by atoms with Gasteiger partial charge in [-0.25, -0.2) is 14.4 Å². The van der Waals surface area contributed by atoms with E-state index < -0.39 is 42.4 Å². The SMILES string of the molecule is Nc1ccc(C[C@H](NC(=O)N[C@@H](CCC(=O)O)C(=O)O)C(=O)O)cc1. The van der Waals surface area contributed by atoms with Crippen molar-refractivity contribution in [1.29, 1.82) is 0 Å². The number of aliphatic carboxylic acids is 3. The standard InChI is InChI=1S/C15H19N3O7/c16-9-3-1-8(2-4-9)7-11(14(23)24)18-15(25)17-10(13(21)22)5-6-12(19)20/h1-4,10-11H,5-7,16H2,(H,19,20)(H,21,22)(H,23,24)(H2,17,18,25)/t10-,11-/m0/s1. The minimum Gasteiger partial charge on any atom is -0.481 e. The number of rotatable bonds is 9. The summed E-state index contributed by atoms with van der Waals surface area (Å²) in [6.45, 7) is 0. The summed E-state index contributed by atoms with van der Waals surface area (Å²) in [6, 6.07) is 2.64. The highest BCUT2D eigenvalue weighted by Gasteiger charge is 2.25. The Kier molecular flexibility index (Phi) is 7.19. The number of carboxylic acid groups (broad SMARTS) is 3. The predicted octanol–water partition coefficient (Wildman–Crippen LogP) is -0.118. The molecule has 0 fully saturated rings. The molecule has 0 aliphatic rings. The van der Waals surface area contributed by atoms with Crippen LogP contribution < -0.4 is 16.4 Å². The Morgan fingerprint density at radius 1 is 0.920 bits per heavy atom. The Morgan fingerprint density at radius 2 is 1.44 bits per heavy atom. The molecule has 0 unspecified atom stereocenters. The summed E-state index contributed by atoms with van der Waals surface area (Å²) >= 11 is 0. The number of hydrogen-bond donors (Lipinski definition) is 6. The van der Waals surface area contributed by atoms with E-state index >= 15 is 0 Å². The first kappa shape index (κ1) is 19.7. The number of nitrogen functional groups attached to an aromatic ring is 1. The first-order valence-corrected chi connectivity index (χ1v) is 7.28. The monoisotopic (exact) mass is 353 g/mol. The molecule has 1 aromatic rings. The molecule has 0 saturated heterocycles. The lowest BCUT2D eigenvalue weighted by Gasteiger charge is -2.18. The van der Waals surface area contributed by atoms with Crippen molar-refractivity contribution in [2.24, 2.45) is 0 Å². The predicted molar refractivity (Wildman–Crippen MR) is 85.9 cm³/mol. The molecule has 10 nitrogen and oxygen atoms in total. The maximum absolute atomic E-state index is 11.8. The largest absolute Gasteiger partial charge is 0.481 e. The van der Waals surface area contributed by atoms with Crippen molar-refractivity contribution < 1.29 is 34.5 Å². The second-order valence-corrected chi connectivity index (χ2v) is 5.28. The van der Waals surface area contributed by atoms with E-state index in [9.17, 15) is 24.3 Å². The first-order chi connectivity index (χ1) is 11.7. The summed E-state index contributed by atoms with van der Waals surface area (Å²) in [4.78, 5) is 44.7. The van der Waals surface area contributed by atoms with Gasteiger partial charge in [0.05, 0.1) is 0 Å². The number of carbonyl (C=O) groups excluding carboxylic acids is 1. The number of carbonyl (C=O) groups is 4. The highest BCUT2D eigenvalue weighted by atomic mass is 16.4. The highest BCUT2D eigenvalue weighted by molar-refractivity contribution is 5.86. The number of carboxylic acids is 3. The molecule has 2 amide bonds. The normalized spacial score (nSPS) is 12.6. The van der Waals surface area contributed by atoms with Crippen molar-refractivity contribution in [1.82, 2.24) is 10.6 Å². The third-order valence-corrected chi connectivity index (χ3v) is 3.27. The molecule has 10 heteroatoms. The number of anilines is 1. The van der Waals surface area contributed by atoms with Crippen molar-refractivity contribution in [2.75, 3.05) is 5.73 Å². The van der Waals surface area contributed by atoms with Crippen LogP contribution in [0.3, 0.4) is 0 Å². The van der Waals surface area contributed by atoms with E-state index in [0.29, 0.717) is 11.3 Å². The zero-order chi connectivity index (χ0) is 19.0. The van der Waals surface area contributed by atoms with Crippen LogP contribution in [0.1, 0.15) is 18.4 Å².